The summed E-state index contributed by atoms with van der Waals surface area (Å²) in [4.78, 5) is 11.3. The van der Waals surface area contributed by atoms with Crippen LogP contribution in [-0.2, 0) is 4.79 Å². The highest BCUT2D eigenvalue weighted by atomic mass is 16.1. The minimum absolute atomic E-state index is 0.125. The van der Waals surface area contributed by atoms with Crippen molar-refractivity contribution in [2.24, 2.45) is 11.7 Å². The molecule has 2 nitrogen and oxygen atoms in total. The van der Waals surface area contributed by atoms with Crippen molar-refractivity contribution >= 4 is 5.78 Å². The highest BCUT2D eigenvalue weighted by Crippen LogP contribution is 2.04. The van der Waals surface area contributed by atoms with Crippen LogP contribution in [-0.4, -0.2) is 11.8 Å². The van der Waals surface area contributed by atoms with Crippen LogP contribution in [0.25, 0.3) is 0 Å². The van der Waals surface area contributed by atoms with Crippen molar-refractivity contribution in [3.05, 3.63) is 0 Å². The van der Waals surface area contributed by atoms with E-state index >= 15 is 0 Å². The van der Waals surface area contributed by atoms with E-state index in [9.17, 15) is 4.79 Å². The van der Waals surface area contributed by atoms with Crippen molar-refractivity contribution in [2.45, 2.75) is 39.2 Å². The van der Waals surface area contributed by atoms with Crippen LogP contribution in [0.4, 0.5) is 0 Å². The summed E-state index contributed by atoms with van der Waals surface area (Å²) >= 11 is 0. The molecule has 0 saturated heterocycles. The lowest BCUT2D eigenvalue weighted by atomic mass is 9.98. The van der Waals surface area contributed by atoms with Crippen LogP contribution in [0.3, 0.4) is 0 Å². The standard InChI is InChI=1S/C10H17NO/c1-4-5-6-7-9(12)10(11)8(2)3/h1,8,10H,5-7,11H2,2-3H3. The summed E-state index contributed by atoms with van der Waals surface area (Å²) in [5.41, 5.74) is 5.64. The molecule has 68 valence electrons. The highest BCUT2D eigenvalue weighted by molar-refractivity contribution is 5.83. The summed E-state index contributed by atoms with van der Waals surface area (Å²) in [7, 11) is 0. The molecule has 0 spiro atoms. The zero-order chi connectivity index (χ0) is 9.56. The van der Waals surface area contributed by atoms with Crippen molar-refractivity contribution in [1.82, 2.24) is 0 Å². The molecular formula is C10H17NO. The number of nitrogens with two attached hydrogens (primary N) is 1. The second kappa shape index (κ2) is 5.79. The molecule has 0 aliphatic carbocycles. The van der Waals surface area contributed by atoms with Gasteiger partial charge in [0.2, 0.25) is 0 Å². The Labute approximate surface area is 74.5 Å². The lowest BCUT2D eigenvalue weighted by Gasteiger charge is -2.13. The first-order valence-corrected chi connectivity index (χ1v) is 4.31. The smallest absolute Gasteiger partial charge is 0.149 e. The van der Waals surface area contributed by atoms with E-state index in [4.69, 9.17) is 12.2 Å². The molecule has 0 saturated carbocycles. The average molecular weight is 167 g/mol. The van der Waals surface area contributed by atoms with Gasteiger partial charge in [0, 0.05) is 12.8 Å². The molecule has 1 unspecified atom stereocenters. The van der Waals surface area contributed by atoms with Gasteiger partial charge in [-0.05, 0) is 12.3 Å². The SMILES string of the molecule is C#CCCCC(=O)C(N)C(C)C. The third-order valence-corrected chi connectivity index (χ3v) is 1.83. The maximum Gasteiger partial charge on any atom is 0.149 e. The first-order valence-electron chi connectivity index (χ1n) is 4.31. The summed E-state index contributed by atoms with van der Waals surface area (Å²) in [6.07, 6.45) is 7.00. The number of carbonyl (C=O) groups is 1. The van der Waals surface area contributed by atoms with E-state index in [0.29, 0.717) is 12.8 Å². The van der Waals surface area contributed by atoms with Crippen LogP contribution in [0, 0.1) is 18.3 Å². The lowest BCUT2D eigenvalue weighted by molar-refractivity contribution is -0.121. The highest BCUT2D eigenvalue weighted by Gasteiger charge is 2.15. The predicted molar refractivity (Wildman–Crippen MR) is 50.5 cm³/mol. The maximum atomic E-state index is 11.3. The molecule has 0 aromatic rings. The van der Waals surface area contributed by atoms with Gasteiger partial charge in [0.15, 0.2) is 0 Å². The molecule has 1 atom stereocenters. The molecule has 2 N–H and O–H groups in total. The summed E-state index contributed by atoms with van der Waals surface area (Å²) in [6.45, 7) is 3.90. The minimum Gasteiger partial charge on any atom is -0.321 e. The van der Waals surface area contributed by atoms with Gasteiger partial charge in [-0.1, -0.05) is 13.8 Å². The van der Waals surface area contributed by atoms with Crippen LogP contribution < -0.4 is 5.73 Å². The molecule has 0 aromatic heterocycles. The number of Topliss-reactive ketones (excluding diaryl/α,β-unsaturated/α-hetero) is 1. The molecule has 2 heteroatoms. The Hall–Kier alpha value is -0.810. The summed E-state index contributed by atoms with van der Waals surface area (Å²) in [6, 6.07) is -0.317. The van der Waals surface area contributed by atoms with E-state index in [-0.39, 0.29) is 17.7 Å². The molecule has 0 aliphatic rings. The Morgan fingerprint density at radius 1 is 1.58 bits per heavy atom. The fraction of sp³-hybridized carbons (Fsp3) is 0.700. The van der Waals surface area contributed by atoms with E-state index < -0.39 is 0 Å². The molecule has 0 amide bonds. The minimum atomic E-state index is -0.317. The van der Waals surface area contributed by atoms with Crippen LogP contribution in [0.15, 0.2) is 0 Å². The van der Waals surface area contributed by atoms with Crippen LogP contribution in [0.5, 0.6) is 0 Å². The molecule has 0 rings (SSSR count). The normalized spacial score (nSPS) is 12.6. The number of unbranched alkanes of at least 4 members (excludes halogenated alkanes) is 1. The molecule has 0 heterocycles. The second-order valence-electron chi connectivity index (χ2n) is 3.29. The van der Waals surface area contributed by atoms with E-state index in [1.165, 1.54) is 0 Å². The van der Waals surface area contributed by atoms with Crippen molar-refractivity contribution in [3.63, 3.8) is 0 Å². The Kier molecular flexibility index (Phi) is 5.40. The Balaban J connectivity index is 3.66. The predicted octanol–water partition coefficient (Wildman–Crippen LogP) is 1.34. The van der Waals surface area contributed by atoms with Crippen molar-refractivity contribution in [2.75, 3.05) is 0 Å². The Morgan fingerprint density at radius 2 is 2.17 bits per heavy atom. The molecule has 0 radical (unpaired) electrons. The molecule has 12 heavy (non-hydrogen) atoms. The molecule has 0 fully saturated rings. The van der Waals surface area contributed by atoms with E-state index in [1.54, 1.807) is 0 Å². The van der Waals surface area contributed by atoms with Gasteiger partial charge < -0.3 is 5.73 Å². The van der Waals surface area contributed by atoms with E-state index in [2.05, 4.69) is 5.92 Å². The van der Waals surface area contributed by atoms with Crippen LogP contribution >= 0.6 is 0 Å². The first kappa shape index (κ1) is 11.2. The van der Waals surface area contributed by atoms with Gasteiger partial charge in [-0.25, -0.2) is 0 Å². The molecule has 0 bridgehead atoms. The van der Waals surface area contributed by atoms with Gasteiger partial charge in [0.25, 0.3) is 0 Å². The van der Waals surface area contributed by atoms with Gasteiger partial charge in [-0.2, -0.15) is 0 Å². The number of rotatable bonds is 5. The zero-order valence-electron chi connectivity index (χ0n) is 7.84. The third kappa shape index (κ3) is 4.15. The van der Waals surface area contributed by atoms with Gasteiger partial charge in [0.1, 0.15) is 5.78 Å². The average Bonchev–Trinajstić information content (AvgIpc) is 2.03. The fourth-order valence-electron chi connectivity index (χ4n) is 0.903. The van der Waals surface area contributed by atoms with Gasteiger partial charge in [0.05, 0.1) is 6.04 Å². The van der Waals surface area contributed by atoms with Crippen molar-refractivity contribution < 1.29 is 4.79 Å². The fourth-order valence-corrected chi connectivity index (χ4v) is 0.903. The van der Waals surface area contributed by atoms with Crippen molar-refractivity contribution in [1.29, 1.82) is 0 Å². The number of carbonyl (C=O) groups excluding carboxylic acids is 1. The zero-order valence-corrected chi connectivity index (χ0v) is 7.84. The first-order chi connectivity index (χ1) is 5.59. The second-order valence-corrected chi connectivity index (χ2v) is 3.29. The van der Waals surface area contributed by atoms with Crippen LogP contribution in [0.1, 0.15) is 33.1 Å². The topological polar surface area (TPSA) is 43.1 Å². The number of terminal acetylenes is 1. The summed E-state index contributed by atoms with van der Waals surface area (Å²) in [5, 5.41) is 0. The lowest BCUT2D eigenvalue weighted by Crippen LogP contribution is -2.35. The van der Waals surface area contributed by atoms with E-state index in [1.807, 2.05) is 13.8 Å². The largest absolute Gasteiger partial charge is 0.321 e. The maximum absolute atomic E-state index is 11.3. The molecular weight excluding hydrogens is 150 g/mol. The van der Waals surface area contributed by atoms with E-state index in [0.717, 1.165) is 6.42 Å². The van der Waals surface area contributed by atoms with Crippen LogP contribution in [0.2, 0.25) is 0 Å². The number of ketones is 1. The van der Waals surface area contributed by atoms with Gasteiger partial charge >= 0.3 is 0 Å². The Bertz CT molecular complexity index is 179. The molecule has 0 aromatic carbocycles. The van der Waals surface area contributed by atoms with Gasteiger partial charge in [-0.3, -0.25) is 4.79 Å². The van der Waals surface area contributed by atoms with Crippen molar-refractivity contribution in [3.8, 4) is 12.3 Å². The number of hydrogen-bond donors (Lipinski definition) is 1. The summed E-state index contributed by atoms with van der Waals surface area (Å²) in [5.74, 6) is 2.85. The Morgan fingerprint density at radius 3 is 2.58 bits per heavy atom. The quantitative estimate of drug-likeness (QED) is 0.496. The monoisotopic (exact) mass is 167 g/mol. The third-order valence-electron chi connectivity index (χ3n) is 1.83. The van der Waals surface area contributed by atoms with Gasteiger partial charge in [-0.15, -0.1) is 12.3 Å². The summed E-state index contributed by atoms with van der Waals surface area (Å²) < 4.78 is 0. The molecule has 0 aliphatic heterocycles. The number of hydrogen-bond acceptors (Lipinski definition) is 2.